The molecule has 370 valence electrons. The lowest BCUT2D eigenvalue weighted by molar-refractivity contribution is -0.134. The predicted molar refractivity (Wildman–Crippen MR) is 278 cm³/mol. The number of fused-ring (bicyclic) bond motifs is 3. The molecular formula is C55H58N10O6S. The van der Waals surface area contributed by atoms with Crippen molar-refractivity contribution in [2.45, 2.75) is 83.3 Å². The number of hydrogen-bond donors (Lipinski definition) is 3. The van der Waals surface area contributed by atoms with Crippen LogP contribution < -0.4 is 25.2 Å². The third-order valence-corrected chi connectivity index (χ3v) is 16.1. The minimum atomic E-state index is -1.11. The maximum Gasteiger partial charge on any atom is 0.355 e. The number of imide groups is 1. The fraction of sp³-hybridized carbons (Fsp3) is 0.382. The molecule has 3 aliphatic heterocycles. The fourth-order valence-corrected chi connectivity index (χ4v) is 12.1. The quantitative estimate of drug-likeness (QED) is 0.0934. The molecule has 2 saturated heterocycles. The zero-order chi connectivity index (χ0) is 49.5. The summed E-state index contributed by atoms with van der Waals surface area (Å²) < 4.78 is 9.38. The lowest BCUT2D eigenvalue weighted by Crippen LogP contribution is -2.46. The lowest BCUT2D eigenvalue weighted by atomic mass is 9.84. The Kier molecular flexibility index (Phi) is 13.2. The molecule has 7 heterocycles. The summed E-state index contributed by atoms with van der Waals surface area (Å²) in [4.78, 5) is 71.4. The van der Waals surface area contributed by atoms with Crippen LogP contribution in [0.15, 0.2) is 85.1 Å². The summed E-state index contributed by atoms with van der Waals surface area (Å²) in [7, 11) is 1.92. The van der Waals surface area contributed by atoms with Crippen molar-refractivity contribution in [2.75, 3.05) is 54.4 Å². The summed E-state index contributed by atoms with van der Waals surface area (Å²) in [5, 5.41) is 22.1. The van der Waals surface area contributed by atoms with Crippen molar-refractivity contribution >= 4 is 72.8 Å². The third-order valence-electron chi connectivity index (χ3n) is 15.1. The number of aromatic nitrogens is 5. The molecule has 1 atom stereocenters. The van der Waals surface area contributed by atoms with Gasteiger partial charge in [-0.1, -0.05) is 29.5 Å². The van der Waals surface area contributed by atoms with Crippen molar-refractivity contribution in [3.05, 3.63) is 119 Å². The van der Waals surface area contributed by atoms with Crippen LogP contribution in [0.5, 0.6) is 5.75 Å². The van der Waals surface area contributed by atoms with Gasteiger partial charge in [0.05, 0.1) is 33.4 Å². The molecular weight excluding hydrogens is 929 g/mol. The molecule has 16 nitrogen and oxygen atoms in total. The number of ether oxygens (including phenoxy) is 1. The number of benzene rings is 3. The first-order valence-corrected chi connectivity index (χ1v) is 26.0. The Morgan fingerprint density at radius 3 is 2.47 bits per heavy atom. The largest absolute Gasteiger partial charge is 0.490 e. The minimum Gasteiger partial charge on any atom is -0.490 e. The van der Waals surface area contributed by atoms with Gasteiger partial charge in [0.25, 0.3) is 5.91 Å². The number of carboxylic acids is 1. The van der Waals surface area contributed by atoms with Gasteiger partial charge in [0.15, 0.2) is 10.8 Å². The zero-order valence-electron chi connectivity index (χ0n) is 40.6. The number of para-hydroxylation sites is 1. The maximum atomic E-state index is 13.6. The van der Waals surface area contributed by atoms with Crippen molar-refractivity contribution in [1.29, 1.82) is 0 Å². The number of aryl methyl sites for hydroxylation is 2. The Morgan fingerprint density at radius 1 is 0.861 bits per heavy atom. The number of piperidine rings is 1. The molecule has 3 amide bonds. The monoisotopic (exact) mass is 986 g/mol. The summed E-state index contributed by atoms with van der Waals surface area (Å²) in [5.41, 5.74) is 8.08. The molecule has 72 heavy (non-hydrogen) atoms. The van der Waals surface area contributed by atoms with Gasteiger partial charge in [0.1, 0.15) is 17.3 Å². The predicted octanol–water partition coefficient (Wildman–Crippen LogP) is 8.52. The van der Waals surface area contributed by atoms with Crippen molar-refractivity contribution in [1.82, 2.24) is 34.9 Å². The molecule has 0 radical (unpaired) electrons. The number of nitrogens with one attached hydrogen (secondary N) is 2. The van der Waals surface area contributed by atoms with Gasteiger partial charge in [-0.15, -0.1) is 0 Å². The molecule has 3 N–H and O–H groups in total. The van der Waals surface area contributed by atoms with Crippen LogP contribution in [0.2, 0.25) is 0 Å². The van der Waals surface area contributed by atoms with E-state index in [2.05, 4.69) is 48.6 Å². The second-order valence-corrected chi connectivity index (χ2v) is 20.7. The molecule has 1 saturated carbocycles. The van der Waals surface area contributed by atoms with Crippen LogP contribution >= 0.6 is 11.3 Å². The van der Waals surface area contributed by atoms with Crippen LogP contribution in [0.25, 0.3) is 32.2 Å². The van der Waals surface area contributed by atoms with Gasteiger partial charge in [0, 0.05) is 81.1 Å². The summed E-state index contributed by atoms with van der Waals surface area (Å²) >= 11 is 1.41. The number of carbonyl (C=O) groups is 4. The molecule has 0 spiro atoms. The second-order valence-electron chi connectivity index (χ2n) is 19.7. The minimum absolute atomic E-state index is 0.0285. The van der Waals surface area contributed by atoms with E-state index in [4.69, 9.17) is 14.8 Å². The van der Waals surface area contributed by atoms with Gasteiger partial charge in [-0.05, 0) is 148 Å². The standard InChI is InChI=1S/C55H58N10O6S/c1-33-30-38(71-37-12-9-34(10-13-37)6-5-24-63-26-28-64(29-27-63)36-11-15-41-45(31-36)62(2)61-49(41)42-18-20-48(66)59-52(42)67)14-16-39(33)40-17-19-47(58-51(40)54(69)70)65-25-22-35-21-23-56-50(43(35)32-65)53(68)60-55-57-44-7-3-4-8-46(44)72-55/h3-4,7-8,11,14-17,19,21,23,30-31,34,37,42H,5-6,9-10,12-13,18,20,22,24-29,32H2,1-2H3,(H,69,70)(H,57,60,68)(H,59,66,67). The van der Waals surface area contributed by atoms with Crippen molar-refractivity contribution in [3.8, 4) is 16.9 Å². The van der Waals surface area contributed by atoms with E-state index in [0.717, 1.165) is 113 Å². The number of anilines is 3. The van der Waals surface area contributed by atoms with E-state index >= 15 is 0 Å². The normalized spacial score (nSPS) is 19.6. The van der Waals surface area contributed by atoms with E-state index in [9.17, 15) is 24.3 Å². The van der Waals surface area contributed by atoms with Crippen LogP contribution in [0.3, 0.4) is 0 Å². The van der Waals surface area contributed by atoms with E-state index < -0.39 is 11.9 Å². The molecule has 17 heteroatoms. The Labute approximate surface area is 421 Å². The number of nitrogens with zero attached hydrogens (tertiary/aromatic N) is 8. The highest BCUT2D eigenvalue weighted by molar-refractivity contribution is 7.22. The van der Waals surface area contributed by atoms with E-state index in [0.29, 0.717) is 60.5 Å². The number of aromatic carboxylic acids is 1. The summed E-state index contributed by atoms with van der Waals surface area (Å²) in [6.45, 7) is 8.01. The highest BCUT2D eigenvalue weighted by Crippen LogP contribution is 2.37. The molecule has 1 aliphatic carbocycles. The molecule has 4 aromatic heterocycles. The van der Waals surface area contributed by atoms with E-state index in [-0.39, 0.29) is 29.5 Å². The zero-order valence-corrected chi connectivity index (χ0v) is 41.4. The molecule has 4 aliphatic rings. The van der Waals surface area contributed by atoms with Crippen LogP contribution in [0.1, 0.15) is 101 Å². The average Bonchev–Trinajstić information content (AvgIpc) is 3.95. The van der Waals surface area contributed by atoms with Crippen LogP contribution in [0, 0.1) is 12.8 Å². The first-order chi connectivity index (χ1) is 35.0. The molecule has 1 unspecified atom stereocenters. The van der Waals surface area contributed by atoms with Gasteiger partial charge in [-0.25, -0.2) is 14.8 Å². The average molecular weight is 987 g/mol. The van der Waals surface area contributed by atoms with Crippen molar-refractivity contribution in [2.24, 2.45) is 13.0 Å². The Hall–Kier alpha value is -7.24. The Morgan fingerprint density at radius 2 is 1.68 bits per heavy atom. The number of amides is 3. The number of thiazole rings is 1. The maximum absolute atomic E-state index is 13.6. The smallest absolute Gasteiger partial charge is 0.355 e. The van der Waals surface area contributed by atoms with E-state index in [1.807, 2.05) is 84.2 Å². The van der Waals surface area contributed by atoms with Gasteiger partial charge in [-0.2, -0.15) is 5.10 Å². The number of piperazine rings is 1. The highest BCUT2D eigenvalue weighted by atomic mass is 32.1. The third kappa shape index (κ3) is 9.74. The molecule has 3 fully saturated rings. The number of rotatable bonds is 13. The fourth-order valence-electron chi connectivity index (χ4n) is 11.2. The highest BCUT2D eigenvalue weighted by Gasteiger charge is 2.33. The summed E-state index contributed by atoms with van der Waals surface area (Å²) in [6.07, 6.45) is 10.0. The van der Waals surface area contributed by atoms with Gasteiger partial charge >= 0.3 is 5.97 Å². The lowest BCUT2D eigenvalue weighted by Gasteiger charge is -2.36. The Balaban J connectivity index is 0.648. The summed E-state index contributed by atoms with van der Waals surface area (Å²) in [5.74, 6) is -0.314. The van der Waals surface area contributed by atoms with Gasteiger partial charge in [0.2, 0.25) is 11.8 Å². The number of carboxylic acid groups (broad SMARTS) is 1. The number of hydrogen-bond acceptors (Lipinski definition) is 13. The van der Waals surface area contributed by atoms with Crippen LogP contribution in [-0.2, 0) is 29.6 Å². The van der Waals surface area contributed by atoms with E-state index in [1.54, 1.807) is 6.20 Å². The number of pyridine rings is 2. The topological polar surface area (TPSA) is 188 Å². The first kappa shape index (κ1) is 47.1. The molecule has 11 rings (SSSR count). The molecule has 7 aromatic rings. The number of carbonyl (C=O) groups excluding carboxylic acids is 3. The van der Waals surface area contributed by atoms with Crippen LogP contribution in [-0.4, -0.2) is 104 Å². The molecule has 0 bridgehead atoms. The Bertz CT molecular complexity index is 3190. The van der Waals surface area contributed by atoms with Gasteiger partial charge in [-0.3, -0.25) is 39.6 Å². The molecule has 3 aromatic carbocycles. The van der Waals surface area contributed by atoms with Crippen molar-refractivity contribution < 1.29 is 29.0 Å². The van der Waals surface area contributed by atoms with Crippen molar-refractivity contribution in [3.63, 3.8) is 0 Å². The van der Waals surface area contributed by atoms with Gasteiger partial charge < -0.3 is 19.6 Å². The first-order valence-electron chi connectivity index (χ1n) is 25.2. The second kappa shape index (κ2) is 20.1. The van der Waals surface area contributed by atoms with E-state index in [1.165, 1.54) is 29.9 Å². The summed E-state index contributed by atoms with van der Waals surface area (Å²) in [6, 6.07) is 25.7. The SMILES string of the molecule is Cc1cc(OC2CCC(CCCN3CCN(c4ccc5c(C6CCC(=O)NC6=O)nn(C)c5c4)CC3)CC2)ccc1-c1ccc(N2CCc3ccnc(C(=O)Nc4nc5ccccc5s4)c3C2)nc1C(=O)O. The van der Waals surface area contributed by atoms with Crippen LogP contribution in [0.4, 0.5) is 16.6 Å².